The number of fused-ring (bicyclic) bond motifs is 1. The van der Waals surface area contributed by atoms with Crippen LogP contribution < -0.4 is 4.72 Å². The Hall–Kier alpha value is -3.13. The molecule has 1 aliphatic carbocycles. The van der Waals surface area contributed by atoms with Gasteiger partial charge < -0.3 is 4.57 Å². The number of anilines is 1. The third-order valence-corrected chi connectivity index (χ3v) is 9.17. The summed E-state index contributed by atoms with van der Waals surface area (Å²) in [4.78, 5) is 4.76. The summed E-state index contributed by atoms with van der Waals surface area (Å²) in [5, 5.41) is 5.11. The Morgan fingerprint density at radius 1 is 1.14 bits per heavy atom. The third-order valence-electron chi connectivity index (χ3n) is 7.70. The van der Waals surface area contributed by atoms with E-state index >= 15 is 0 Å². The van der Waals surface area contributed by atoms with Crippen molar-refractivity contribution in [1.29, 1.82) is 0 Å². The van der Waals surface area contributed by atoms with E-state index in [-0.39, 0.29) is 4.90 Å². The van der Waals surface area contributed by atoms with E-state index in [1.54, 1.807) is 30.1 Å². The summed E-state index contributed by atoms with van der Waals surface area (Å²) in [6.45, 7) is 6.60. The Balaban J connectivity index is 1.56. The second-order valence-electron chi connectivity index (χ2n) is 10.1. The molecule has 0 bridgehead atoms. The summed E-state index contributed by atoms with van der Waals surface area (Å²) in [5.41, 5.74) is 5.11. The molecule has 5 rings (SSSR count). The molecule has 0 saturated heterocycles. The summed E-state index contributed by atoms with van der Waals surface area (Å²) in [6, 6.07) is 10.5. The zero-order chi connectivity index (χ0) is 25.4. The molecule has 8 heteroatoms. The standard InChI is InChI=1S/C28H35N5O2S/c1-5-33-18-26(20(3)30-33)36(34,35)31-25-14-15-29-28-27(25)24(17-32(28)4)23-13-9-12-22(16-23)19(2)21-10-7-6-8-11-21/h9,12-19,21H,5-8,10-11H2,1-4H3,(H,29,31). The van der Waals surface area contributed by atoms with Crippen LogP contribution in [-0.4, -0.2) is 27.7 Å². The quantitative estimate of drug-likeness (QED) is 0.322. The molecule has 0 aliphatic heterocycles. The zero-order valence-corrected chi connectivity index (χ0v) is 22.3. The number of sulfonamides is 1. The summed E-state index contributed by atoms with van der Waals surface area (Å²) in [5.74, 6) is 1.22. The minimum atomic E-state index is -3.82. The number of aromatic nitrogens is 4. The van der Waals surface area contributed by atoms with Crippen LogP contribution in [0.5, 0.6) is 0 Å². The smallest absolute Gasteiger partial charge is 0.265 e. The molecule has 36 heavy (non-hydrogen) atoms. The Morgan fingerprint density at radius 3 is 2.64 bits per heavy atom. The van der Waals surface area contributed by atoms with Gasteiger partial charge in [0.15, 0.2) is 0 Å². The van der Waals surface area contributed by atoms with E-state index in [1.165, 1.54) is 37.7 Å². The van der Waals surface area contributed by atoms with Crippen LogP contribution in [-0.2, 0) is 23.6 Å². The number of hydrogen-bond donors (Lipinski definition) is 1. The summed E-state index contributed by atoms with van der Waals surface area (Å²) in [6.07, 6.45) is 11.9. The van der Waals surface area contributed by atoms with Crippen LogP contribution in [0.1, 0.15) is 63.1 Å². The number of aryl methyl sites for hydroxylation is 3. The van der Waals surface area contributed by atoms with Gasteiger partial charge in [0.1, 0.15) is 10.5 Å². The Kier molecular flexibility index (Phi) is 6.64. The molecule has 0 amide bonds. The number of benzene rings is 1. The first-order valence-corrected chi connectivity index (χ1v) is 14.4. The molecular weight excluding hydrogens is 470 g/mol. The molecule has 7 nitrogen and oxygen atoms in total. The number of hydrogen-bond acceptors (Lipinski definition) is 4. The first kappa shape index (κ1) is 24.6. The first-order valence-electron chi connectivity index (χ1n) is 12.9. The maximum absolute atomic E-state index is 13.4. The van der Waals surface area contributed by atoms with Gasteiger partial charge in [0.05, 0.1) is 16.8 Å². The van der Waals surface area contributed by atoms with Crippen molar-refractivity contribution in [2.75, 3.05) is 4.72 Å². The third kappa shape index (κ3) is 4.54. The molecule has 1 saturated carbocycles. The van der Waals surface area contributed by atoms with E-state index in [1.807, 2.05) is 24.7 Å². The lowest BCUT2D eigenvalue weighted by Crippen LogP contribution is -2.14. The van der Waals surface area contributed by atoms with Crippen LogP contribution in [0.4, 0.5) is 5.69 Å². The Morgan fingerprint density at radius 2 is 1.92 bits per heavy atom. The highest BCUT2D eigenvalue weighted by Crippen LogP contribution is 2.39. The highest BCUT2D eigenvalue weighted by molar-refractivity contribution is 7.92. The SMILES string of the molecule is CCn1cc(S(=O)(=O)Nc2ccnc3c2c(-c2cccc(C(C)C4CCCCC4)c2)cn3C)c(C)n1. The molecule has 1 N–H and O–H groups in total. The molecule has 3 heterocycles. The van der Waals surface area contributed by atoms with E-state index in [4.69, 9.17) is 0 Å². The van der Waals surface area contributed by atoms with Gasteiger partial charge in [0.25, 0.3) is 10.0 Å². The summed E-state index contributed by atoms with van der Waals surface area (Å²) < 4.78 is 33.2. The molecule has 0 radical (unpaired) electrons. The van der Waals surface area contributed by atoms with Crippen molar-refractivity contribution in [3.63, 3.8) is 0 Å². The zero-order valence-electron chi connectivity index (χ0n) is 21.5. The van der Waals surface area contributed by atoms with E-state index in [9.17, 15) is 8.42 Å². The summed E-state index contributed by atoms with van der Waals surface area (Å²) in [7, 11) is -1.88. The van der Waals surface area contributed by atoms with Gasteiger partial charge >= 0.3 is 0 Å². The van der Waals surface area contributed by atoms with Crippen molar-refractivity contribution in [3.05, 3.63) is 60.2 Å². The van der Waals surface area contributed by atoms with Crippen molar-refractivity contribution >= 4 is 26.7 Å². The van der Waals surface area contributed by atoms with E-state index in [0.29, 0.717) is 23.8 Å². The fourth-order valence-electron chi connectivity index (χ4n) is 5.63. The monoisotopic (exact) mass is 505 g/mol. The summed E-state index contributed by atoms with van der Waals surface area (Å²) >= 11 is 0. The van der Waals surface area contributed by atoms with Crippen LogP contribution in [0.2, 0.25) is 0 Å². The van der Waals surface area contributed by atoms with Gasteiger partial charge in [0, 0.05) is 37.7 Å². The topological polar surface area (TPSA) is 81.8 Å². The van der Waals surface area contributed by atoms with Crippen molar-refractivity contribution in [1.82, 2.24) is 19.3 Å². The van der Waals surface area contributed by atoms with Crippen molar-refractivity contribution < 1.29 is 8.42 Å². The van der Waals surface area contributed by atoms with Crippen LogP contribution in [0.25, 0.3) is 22.2 Å². The highest BCUT2D eigenvalue weighted by Gasteiger charge is 2.24. The number of nitrogens with one attached hydrogen (secondary N) is 1. The molecule has 1 aromatic carbocycles. The molecule has 3 aromatic heterocycles. The van der Waals surface area contributed by atoms with Crippen LogP contribution >= 0.6 is 0 Å². The fourth-order valence-corrected chi connectivity index (χ4v) is 6.89. The maximum Gasteiger partial charge on any atom is 0.265 e. The Bertz CT molecular complexity index is 1500. The largest absolute Gasteiger partial charge is 0.335 e. The second-order valence-corrected chi connectivity index (χ2v) is 11.7. The number of rotatable bonds is 7. The van der Waals surface area contributed by atoms with Crippen molar-refractivity contribution in [3.8, 4) is 11.1 Å². The maximum atomic E-state index is 13.4. The van der Waals surface area contributed by atoms with Gasteiger partial charge in [-0.2, -0.15) is 5.10 Å². The predicted octanol–water partition coefficient (Wildman–Crippen LogP) is 6.25. The lowest BCUT2D eigenvalue weighted by Gasteiger charge is -2.28. The van der Waals surface area contributed by atoms with Gasteiger partial charge in [-0.3, -0.25) is 9.40 Å². The van der Waals surface area contributed by atoms with Crippen LogP contribution in [0.3, 0.4) is 0 Å². The molecule has 1 atom stereocenters. The average Bonchev–Trinajstić information content (AvgIpc) is 3.45. The number of pyridine rings is 1. The first-order chi connectivity index (χ1) is 17.3. The molecule has 1 aliphatic rings. The van der Waals surface area contributed by atoms with Crippen molar-refractivity contribution in [2.45, 2.75) is 70.2 Å². The molecular formula is C28H35N5O2S. The van der Waals surface area contributed by atoms with Crippen LogP contribution in [0, 0.1) is 12.8 Å². The molecule has 1 unspecified atom stereocenters. The normalized spacial score (nSPS) is 15.9. The van der Waals surface area contributed by atoms with Gasteiger partial charge in [-0.25, -0.2) is 13.4 Å². The molecule has 1 fully saturated rings. The Labute approximate surface area is 213 Å². The van der Waals surface area contributed by atoms with Gasteiger partial charge in [-0.05, 0) is 55.7 Å². The predicted molar refractivity (Wildman–Crippen MR) is 145 cm³/mol. The average molecular weight is 506 g/mol. The number of nitrogens with zero attached hydrogens (tertiary/aromatic N) is 4. The molecule has 0 spiro atoms. The second kappa shape index (κ2) is 9.73. The lowest BCUT2D eigenvalue weighted by molar-refractivity contribution is 0.316. The van der Waals surface area contributed by atoms with E-state index in [0.717, 1.165) is 28.1 Å². The van der Waals surface area contributed by atoms with Gasteiger partial charge in [0.2, 0.25) is 0 Å². The van der Waals surface area contributed by atoms with Crippen LogP contribution in [0.15, 0.2) is 53.8 Å². The minimum Gasteiger partial charge on any atom is -0.335 e. The molecule has 190 valence electrons. The van der Waals surface area contributed by atoms with Crippen molar-refractivity contribution in [2.24, 2.45) is 13.0 Å². The lowest BCUT2D eigenvalue weighted by atomic mass is 9.77. The van der Waals surface area contributed by atoms with E-state index in [2.05, 4.69) is 46.0 Å². The van der Waals surface area contributed by atoms with E-state index < -0.39 is 10.0 Å². The molecule has 4 aromatic rings. The highest BCUT2D eigenvalue weighted by atomic mass is 32.2. The fraction of sp³-hybridized carbons (Fsp3) is 0.429. The van der Waals surface area contributed by atoms with Gasteiger partial charge in [-0.1, -0.05) is 50.5 Å². The minimum absolute atomic E-state index is 0.190. The van der Waals surface area contributed by atoms with Gasteiger partial charge in [-0.15, -0.1) is 0 Å².